The summed E-state index contributed by atoms with van der Waals surface area (Å²) in [5.74, 6) is 0. The molecule has 2 heteroatoms. The summed E-state index contributed by atoms with van der Waals surface area (Å²) in [5.41, 5.74) is 3.55. The van der Waals surface area contributed by atoms with Gasteiger partial charge >= 0.3 is 0 Å². The number of hydrogen-bond donors (Lipinski definition) is 0. The van der Waals surface area contributed by atoms with Gasteiger partial charge in [-0.1, -0.05) is 30.3 Å². The van der Waals surface area contributed by atoms with Crippen LogP contribution in [0.15, 0.2) is 42.5 Å². The zero-order valence-corrected chi connectivity index (χ0v) is 8.44. The van der Waals surface area contributed by atoms with E-state index in [-0.39, 0.29) is 0 Å². The van der Waals surface area contributed by atoms with Crippen LogP contribution in [0.1, 0.15) is 11.3 Å². The molecule has 15 heavy (non-hydrogen) atoms. The van der Waals surface area contributed by atoms with Gasteiger partial charge in [0, 0.05) is 5.56 Å². The molecule has 0 aliphatic rings. The van der Waals surface area contributed by atoms with E-state index >= 15 is 0 Å². The summed E-state index contributed by atoms with van der Waals surface area (Å²) >= 11 is 0. The molecule has 0 saturated heterocycles. The third-order valence-electron chi connectivity index (χ3n) is 2.28. The summed E-state index contributed by atoms with van der Waals surface area (Å²) in [6, 6.07) is 15.5. The van der Waals surface area contributed by atoms with E-state index in [0.29, 0.717) is 5.69 Å². The number of pyridine rings is 1. The van der Waals surface area contributed by atoms with Gasteiger partial charge in [0.25, 0.3) is 0 Å². The Morgan fingerprint density at radius 2 is 1.87 bits per heavy atom. The molecule has 2 nitrogen and oxygen atoms in total. The van der Waals surface area contributed by atoms with Crippen molar-refractivity contribution in [2.24, 2.45) is 0 Å². The maximum Gasteiger partial charge on any atom is 0.141 e. The normalized spacial score (nSPS) is 9.60. The van der Waals surface area contributed by atoms with Crippen LogP contribution in [0, 0.1) is 18.3 Å². The van der Waals surface area contributed by atoms with Crippen LogP contribution in [0.3, 0.4) is 0 Å². The number of nitriles is 1. The van der Waals surface area contributed by atoms with E-state index in [1.54, 1.807) is 6.07 Å². The van der Waals surface area contributed by atoms with Gasteiger partial charge in [0.15, 0.2) is 0 Å². The Bertz CT molecular complexity index is 524. The number of hydrogen-bond acceptors (Lipinski definition) is 2. The topological polar surface area (TPSA) is 36.7 Å². The largest absolute Gasteiger partial charge is 0.237 e. The van der Waals surface area contributed by atoms with Crippen molar-refractivity contribution >= 4 is 0 Å². The van der Waals surface area contributed by atoms with Crippen LogP contribution < -0.4 is 0 Å². The quantitative estimate of drug-likeness (QED) is 0.699. The molecule has 0 amide bonds. The standard InChI is InChI=1S/C13H10N2/c1-10-5-2-3-7-12(10)13-8-4-6-11(9-14)15-13/h2-8H,1H3. The van der Waals surface area contributed by atoms with Gasteiger partial charge in [-0.05, 0) is 24.6 Å². The third-order valence-corrected chi connectivity index (χ3v) is 2.28. The predicted octanol–water partition coefficient (Wildman–Crippen LogP) is 2.93. The Morgan fingerprint density at radius 1 is 1.07 bits per heavy atom. The van der Waals surface area contributed by atoms with Crippen molar-refractivity contribution < 1.29 is 0 Å². The van der Waals surface area contributed by atoms with Crippen molar-refractivity contribution in [3.63, 3.8) is 0 Å². The minimum absolute atomic E-state index is 0.454. The fourth-order valence-electron chi connectivity index (χ4n) is 1.51. The highest BCUT2D eigenvalue weighted by Gasteiger charge is 2.02. The van der Waals surface area contributed by atoms with Crippen molar-refractivity contribution in [2.75, 3.05) is 0 Å². The summed E-state index contributed by atoms with van der Waals surface area (Å²) in [5, 5.41) is 8.77. The molecule has 0 spiro atoms. The zero-order chi connectivity index (χ0) is 10.7. The molecule has 0 fully saturated rings. The van der Waals surface area contributed by atoms with Gasteiger partial charge in [-0.3, -0.25) is 0 Å². The molecule has 0 aliphatic carbocycles. The first kappa shape index (κ1) is 9.42. The van der Waals surface area contributed by atoms with E-state index in [4.69, 9.17) is 5.26 Å². The molecule has 0 atom stereocenters. The molecule has 0 bridgehead atoms. The van der Waals surface area contributed by atoms with Crippen molar-refractivity contribution in [3.05, 3.63) is 53.7 Å². The summed E-state index contributed by atoms with van der Waals surface area (Å²) in [7, 11) is 0. The zero-order valence-electron chi connectivity index (χ0n) is 8.44. The number of aromatic nitrogens is 1. The highest BCUT2D eigenvalue weighted by molar-refractivity contribution is 5.63. The molecule has 1 aromatic heterocycles. The minimum Gasteiger partial charge on any atom is -0.237 e. The third kappa shape index (κ3) is 1.87. The lowest BCUT2D eigenvalue weighted by Crippen LogP contribution is -1.89. The Labute approximate surface area is 88.8 Å². The van der Waals surface area contributed by atoms with E-state index in [2.05, 4.69) is 4.98 Å². The first-order chi connectivity index (χ1) is 7.31. The number of rotatable bonds is 1. The van der Waals surface area contributed by atoms with E-state index in [1.165, 1.54) is 5.56 Å². The van der Waals surface area contributed by atoms with Crippen LogP contribution >= 0.6 is 0 Å². The number of nitrogens with zero attached hydrogens (tertiary/aromatic N) is 2. The monoisotopic (exact) mass is 194 g/mol. The van der Waals surface area contributed by atoms with Crippen molar-refractivity contribution in [1.29, 1.82) is 5.26 Å². The van der Waals surface area contributed by atoms with E-state index in [1.807, 2.05) is 49.4 Å². The van der Waals surface area contributed by atoms with Gasteiger partial charge in [0.05, 0.1) is 5.69 Å². The molecular formula is C13H10N2. The minimum atomic E-state index is 0.454. The van der Waals surface area contributed by atoms with Crippen molar-refractivity contribution in [3.8, 4) is 17.3 Å². The molecule has 1 heterocycles. The Kier molecular flexibility index (Phi) is 2.47. The van der Waals surface area contributed by atoms with Gasteiger partial charge in [-0.25, -0.2) is 4.98 Å². The van der Waals surface area contributed by atoms with Crippen molar-refractivity contribution in [2.45, 2.75) is 6.92 Å². The first-order valence-corrected chi connectivity index (χ1v) is 4.74. The van der Waals surface area contributed by atoms with Crippen LogP contribution in [0.4, 0.5) is 0 Å². The van der Waals surface area contributed by atoms with Gasteiger partial charge in [-0.2, -0.15) is 5.26 Å². The first-order valence-electron chi connectivity index (χ1n) is 4.74. The lowest BCUT2D eigenvalue weighted by Gasteiger charge is -2.04. The smallest absolute Gasteiger partial charge is 0.141 e. The maximum atomic E-state index is 8.77. The van der Waals surface area contributed by atoms with Gasteiger partial charge in [-0.15, -0.1) is 0 Å². The van der Waals surface area contributed by atoms with E-state index < -0.39 is 0 Å². The second-order valence-corrected chi connectivity index (χ2v) is 3.33. The second kappa shape index (κ2) is 3.93. The van der Waals surface area contributed by atoms with Gasteiger partial charge in [0.1, 0.15) is 11.8 Å². The fourth-order valence-corrected chi connectivity index (χ4v) is 1.51. The fraction of sp³-hybridized carbons (Fsp3) is 0.0769. The SMILES string of the molecule is Cc1ccccc1-c1cccc(C#N)n1. The molecule has 0 saturated carbocycles. The second-order valence-electron chi connectivity index (χ2n) is 3.33. The van der Waals surface area contributed by atoms with Crippen molar-refractivity contribution in [1.82, 2.24) is 4.98 Å². The molecule has 0 N–H and O–H groups in total. The molecule has 2 aromatic rings. The van der Waals surface area contributed by atoms with E-state index in [9.17, 15) is 0 Å². The van der Waals surface area contributed by atoms with E-state index in [0.717, 1.165) is 11.3 Å². The Hall–Kier alpha value is -2.14. The summed E-state index contributed by atoms with van der Waals surface area (Å²) < 4.78 is 0. The average Bonchev–Trinajstić information content (AvgIpc) is 2.30. The summed E-state index contributed by atoms with van der Waals surface area (Å²) in [4.78, 5) is 4.26. The molecule has 1 aromatic carbocycles. The summed E-state index contributed by atoms with van der Waals surface area (Å²) in [6.07, 6.45) is 0. The molecule has 2 rings (SSSR count). The molecule has 0 aliphatic heterocycles. The predicted molar refractivity (Wildman–Crippen MR) is 59.1 cm³/mol. The highest BCUT2D eigenvalue weighted by Crippen LogP contribution is 2.20. The lowest BCUT2D eigenvalue weighted by atomic mass is 10.1. The molecular weight excluding hydrogens is 184 g/mol. The lowest BCUT2D eigenvalue weighted by molar-refractivity contribution is 1.25. The van der Waals surface area contributed by atoms with Crippen LogP contribution in [-0.4, -0.2) is 4.98 Å². The van der Waals surface area contributed by atoms with Gasteiger partial charge in [0.2, 0.25) is 0 Å². The van der Waals surface area contributed by atoms with Crippen LogP contribution in [0.25, 0.3) is 11.3 Å². The number of aryl methyl sites for hydroxylation is 1. The molecule has 0 radical (unpaired) electrons. The van der Waals surface area contributed by atoms with Crippen LogP contribution in [0.5, 0.6) is 0 Å². The average molecular weight is 194 g/mol. The van der Waals surface area contributed by atoms with Gasteiger partial charge < -0.3 is 0 Å². The molecule has 0 unspecified atom stereocenters. The summed E-state index contributed by atoms with van der Waals surface area (Å²) in [6.45, 7) is 2.04. The molecule has 72 valence electrons. The Morgan fingerprint density at radius 3 is 2.60 bits per heavy atom. The van der Waals surface area contributed by atoms with Crippen LogP contribution in [0.2, 0.25) is 0 Å². The number of benzene rings is 1. The van der Waals surface area contributed by atoms with Crippen LogP contribution in [-0.2, 0) is 0 Å². The highest BCUT2D eigenvalue weighted by atomic mass is 14.7. The maximum absolute atomic E-state index is 8.77. The Balaban J connectivity index is 2.55.